The summed E-state index contributed by atoms with van der Waals surface area (Å²) >= 11 is 0. The number of fused-ring (bicyclic) bond motifs is 8. The molecule has 6 heterocycles. The third kappa shape index (κ3) is 2.08. The second kappa shape index (κ2) is 5.53. The fourth-order valence-corrected chi connectivity index (χ4v) is 4.32. The van der Waals surface area contributed by atoms with E-state index in [9.17, 15) is 13.2 Å². The van der Waals surface area contributed by atoms with Crippen LogP contribution in [0.1, 0.15) is 22.8 Å². The number of amidine groups is 1. The van der Waals surface area contributed by atoms with Crippen molar-refractivity contribution >= 4 is 17.3 Å². The molecule has 0 aromatic carbocycles. The number of halogens is 3. The van der Waals surface area contributed by atoms with Crippen LogP contribution in [0.25, 0.3) is 0 Å². The third-order valence-corrected chi connectivity index (χ3v) is 5.62. The summed E-state index contributed by atoms with van der Waals surface area (Å²) in [6.45, 7) is 0.283. The molecule has 6 rings (SSSR count). The molecule has 0 N–H and O–H groups in total. The maximum absolute atomic E-state index is 13.2. The van der Waals surface area contributed by atoms with E-state index in [1.165, 1.54) is 7.11 Å². The quantitative estimate of drug-likeness (QED) is 0.603. The Kier molecular flexibility index (Phi) is 3.19. The lowest BCUT2D eigenvalue weighted by Crippen LogP contribution is -2.44. The van der Waals surface area contributed by atoms with Gasteiger partial charge in [0, 0.05) is 23.9 Å². The highest BCUT2D eigenvalue weighted by Crippen LogP contribution is 2.54. The maximum atomic E-state index is 13.2. The molecule has 1 unspecified atom stereocenters. The summed E-state index contributed by atoms with van der Waals surface area (Å²) in [6, 6.07) is 8.10. The normalized spacial score (nSPS) is 20.9. The number of anilines is 1. The number of aromatic nitrogens is 2. The second-order valence-corrected chi connectivity index (χ2v) is 7.21. The Hall–Kier alpha value is -3.56. The Morgan fingerprint density at radius 2 is 2.10 bits per heavy atom. The largest absolute Gasteiger partial charge is 0.490 e. The van der Waals surface area contributed by atoms with Gasteiger partial charge in [0.2, 0.25) is 11.6 Å². The van der Waals surface area contributed by atoms with E-state index in [-0.39, 0.29) is 24.6 Å². The van der Waals surface area contributed by atoms with Crippen LogP contribution >= 0.6 is 0 Å². The first-order valence-electron chi connectivity index (χ1n) is 9.12. The lowest BCUT2D eigenvalue weighted by atomic mass is 9.80. The van der Waals surface area contributed by atoms with Gasteiger partial charge in [-0.1, -0.05) is 6.07 Å². The highest BCUT2D eigenvalue weighted by atomic mass is 19.4. The number of furan rings is 1. The van der Waals surface area contributed by atoms with Gasteiger partial charge in [0.05, 0.1) is 13.7 Å². The van der Waals surface area contributed by atoms with Gasteiger partial charge in [0.25, 0.3) is 0 Å². The van der Waals surface area contributed by atoms with Crippen LogP contribution in [0.4, 0.5) is 24.7 Å². The minimum atomic E-state index is -4.59. The zero-order valence-electron chi connectivity index (χ0n) is 15.5. The van der Waals surface area contributed by atoms with Crippen molar-refractivity contribution in [3.8, 4) is 11.6 Å². The molecular weight excluding hydrogens is 401 g/mol. The Balaban J connectivity index is 1.61. The molecule has 0 bridgehead atoms. The molecule has 10 heteroatoms. The zero-order valence-corrected chi connectivity index (χ0v) is 15.5. The number of hydrogen-bond acceptors (Lipinski definition) is 7. The van der Waals surface area contributed by atoms with Gasteiger partial charge in [-0.15, -0.1) is 0 Å². The Labute approximate surface area is 167 Å². The Morgan fingerprint density at radius 1 is 1.23 bits per heavy atom. The summed E-state index contributed by atoms with van der Waals surface area (Å²) in [5, 5.41) is 0. The second-order valence-electron chi connectivity index (χ2n) is 7.21. The first kappa shape index (κ1) is 17.3. The van der Waals surface area contributed by atoms with E-state index in [0.717, 1.165) is 11.6 Å². The van der Waals surface area contributed by atoms with Crippen molar-refractivity contribution in [3.05, 3.63) is 59.3 Å². The van der Waals surface area contributed by atoms with E-state index in [4.69, 9.17) is 13.9 Å². The fraction of sp³-hybridized carbons (Fsp3) is 0.250. The molecule has 0 saturated carbocycles. The summed E-state index contributed by atoms with van der Waals surface area (Å²) in [7, 11) is 1.52. The molecule has 0 fully saturated rings. The van der Waals surface area contributed by atoms with E-state index >= 15 is 0 Å². The highest BCUT2D eigenvalue weighted by Gasteiger charge is 2.58. The molecule has 1 atom stereocenters. The van der Waals surface area contributed by atoms with Gasteiger partial charge >= 0.3 is 6.18 Å². The van der Waals surface area contributed by atoms with Gasteiger partial charge < -0.3 is 18.8 Å². The molecule has 152 valence electrons. The number of nitrogens with zero attached hydrogens (tertiary/aromatic N) is 4. The predicted molar refractivity (Wildman–Crippen MR) is 98.3 cm³/mol. The number of aliphatic imine (C=N–C) groups is 1. The van der Waals surface area contributed by atoms with Crippen molar-refractivity contribution in [1.29, 1.82) is 0 Å². The van der Waals surface area contributed by atoms with Gasteiger partial charge in [-0.05, 0) is 12.1 Å². The molecular formula is C20H13F3N4O3. The first-order valence-corrected chi connectivity index (χ1v) is 9.12. The topological polar surface area (TPSA) is 73.0 Å². The number of hydrogen-bond donors (Lipinski definition) is 0. The van der Waals surface area contributed by atoms with Crippen LogP contribution in [0, 0.1) is 0 Å². The van der Waals surface area contributed by atoms with Crippen LogP contribution in [0.3, 0.4) is 0 Å². The number of ether oxygens (including phenoxy) is 2. The van der Waals surface area contributed by atoms with E-state index < -0.39 is 17.4 Å². The smallest absolute Gasteiger partial charge is 0.449 e. The van der Waals surface area contributed by atoms with E-state index in [1.807, 2.05) is 6.07 Å². The van der Waals surface area contributed by atoms with Crippen molar-refractivity contribution in [2.75, 3.05) is 18.6 Å². The van der Waals surface area contributed by atoms with Crippen molar-refractivity contribution in [3.63, 3.8) is 0 Å². The van der Waals surface area contributed by atoms with Crippen LogP contribution in [0.2, 0.25) is 0 Å². The van der Waals surface area contributed by atoms with Crippen molar-refractivity contribution in [2.24, 2.45) is 4.99 Å². The van der Waals surface area contributed by atoms with Crippen molar-refractivity contribution < 1.29 is 27.1 Å². The molecule has 3 aliphatic rings. The lowest BCUT2D eigenvalue weighted by Gasteiger charge is -2.28. The van der Waals surface area contributed by atoms with Crippen LogP contribution in [-0.4, -0.2) is 29.5 Å². The number of methoxy groups -OCH3 is 1. The highest BCUT2D eigenvalue weighted by molar-refractivity contribution is 6.15. The average Bonchev–Trinajstić information content (AvgIpc) is 3.40. The molecule has 0 radical (unpaired) electrons. The molecule has 3 aromatic heterocycles. The average molecular weight is 414 g/mol. The lowest BCUT2D eigenvalue weighted by molar-refractivity contribution is -0.153. The van der Waals surface area contributed by atoms with Crippen molar-refractivity contribution in [1.82, 2.24) is 9.97 Å². The van der Waals surface area contributed by atoms with Crippen LogP contribution in [-0.2, 0) is 18.1 Å². The summed E-state index contributed by atoms with van der Waals surface area (Å²) in [6.07, 6.45) is -2.96. The molecule has 0 aliphatic carbocycles. The number of rotatable bonds is 1. The first-order chi connectivity index (χ1) is 14.4. The molecule has 0 amide bonds. The zero-order chi connectivity index (χ0) is 20.7. The van der Waals surface area contributed by atoms with Crippen molar-refractivity contribution in [2.45, 2.75) is 18.1 Å². The number of alkyl halides is 3. The third-order valence-electron chi connectivity index (χ3n) is 5.62. The Bertz CT molecular complexity index is 1240. The summed E-state index contributed by atoms with van der Waals surface area (Å²) < 4.78 is 55.8. The molecule has 0 saturated heterocycles. The Morgan fingerprint density at radius 3 is 2.90 bits per heavy atom. The molecule has 30 heavy (non-hydrogen) atoms. The molecule has 1 spiro atoms. The van der Waals surface area contributed by atoms with E-state index in [1.54, 1.807) is 29.3 Å². The maximum Gasteiger partial charge on any atom is 0.449 e. The predicted octanol–water partition coefficient (Wildman–Crippen LogP) is 3.84. The van der Waals surface area contributed by atoms with Gasteiger partial charge in [0.15, 0.2) is 0 Å². The van der Waals surface area contributed by atoms with Gasteiger partial charge in [0.1, 0.15) is 46.6 Å². The van der Waals surface area contributed by atoms with Crippen LogP contribution in [0.5, 0.6) is 11.6 Å². The van der Waals surface area contributed by atoms with Crippen LogP contribution in [0.15, 0.2) is 45.9 Å². The van der Waals surface area contributed by atoms with E-state index in [0.29, 0.717) is 29.0 Å². The molecule has 3 aliphatic heterocycles. The summed E-state index contributed by atoms with van der Waals surface area (Å²) in [4.78, 5) is 15.4. The number of pyridine rings is 2. The minimum absolute atomic E-state index is 0.0787. The molecule has 7 nitrogen and oxygen atoms in total. The minimum Gasteiger partial charge on any atom is -0.490 e. The SMILES string of the molecule is COc1ccc2c(n1)C1(CO2)C2=Nc3cc(C(F)(F)F)oc3CN2c2ncccc21. The molecule has 3 aromatic rings. The van der Waals surface area contributed by atoms with E-state index in [2.05, 4.69) is 15.0 Å². The summed E-state index contributed by atoms with van der Waals surface area (Å²) in [5.41, 5.74) is 0.669. The van der Waals surface area contributed by atoms with Gasteiger partial charge in [-0.25, -0.2) is 15.0 Å². The standard InChI is InChI=1S/C20H13F3N4O3/c1-28-15-5-4-12-16(26-15)19(9-29-12)10-3-2-6-24-17(10)27-8-13-11(25-18(19)27)7-14(30-13)20(21,22)23/h2-7H,8-9H2,1H3. The van der Waals surface area contributed by atoms with Gasteiger partial charge in [-0.2, -0.15) is 13.2 Å². The fourth-order valence-electron chi connectivity index (χ4n) is 4.32. The monoisotopic (exact) mass is 414 g/mol. The van der Waals surface area contributed by atoms with Gasteiger partial charge in [-0.3, -0.25) is 0 Å². The van der Waals surface area contributed by atoms with Crippen LogP contribution < -0.4 is 14.4 Å². The summed E-state index contributed by atoms with van der Waals surface area (Å²) in [5.74, 6) is 1.14.